The predicted molar refractivity (Wildman–Crippen MR) is 67.3 cm³/mol. The van der Waals surface area contributed by atoms with Crippen molar-refractivity contribution in [1.82, 2.24) is 4.90 Å². The van der Waals surface area contributed by atoms with Gasteiger partial charge in [-0.15, -0.1) is 0 Å². The molecule has 7 heteroatoms. The number of aliphatic carboxylic acids is 1. The van der Waals surface area contributed by atoms with Crippen LogP contribution < -0.4 is 0 Å². The van der Waals surface area contributed by atoms with Gasteiger partial charge in [-0.2, -0.15) is 0 Å². The molecule has 1 rings (SSSR count). The monoisotopic (exact) mass is 279 g/mol. The summed E-state index contributed by atoms with van der Waals surface area (Å²) in [7, 11) is -1.28. The molecule has 1 heterocycles. The van der Waals surface area contributed by atoms with Gasteiger partial charge in [0.15, 0.2) is 0 Å². The highest BCUT2D eigenvalue weighted by Gasteiger charge is 2.41. The fourth-order valence-electron chi connectivity index (χ4n) is 2.13. The van der Waals surface area contributed by atoms with E-state index in [1.807, 2.05) is 0 Å². The molecule has 0 spiro atoms. The molecule has 1 saturated heterocycles. The van der Waals surface area contributed by atoms with E-state index in [-0.39, 0.29) is 12.4 Å². The molecule has 1 unspecified atom stereocenters. The number of ether oxygens (including phenoxy) is 1. The molecule has 0 aliphatic carbocycles. The first-order valence-corrected chi connectivity index (χ1v) is 7.99. The summed E-state index contributed by atoms with van der Waals surface area (Å²) in [5.74, 6) is -0.825. The molecule has 1 N–H and O–H groups in total. The van der Waals surface area contributed by atoms with Crippen LogP contribution in [0.25, 0.3) is 0 Å². The van der Waals surface area contributed by atoms with Crippen molar-refractivity contribution < 1.29 is 23.1 Å². The van der Waals surface area contributed by atoms with Gasteiger partial charge in [0.25, 0.3) is 0 Å². The van der Waals surface area contributed by atoms with E-state index in [4.69, 9.17) is 4.74 Å². The van der Waals surface area contributed by atoms with Gasteiger partial charge in [0.05, 0.1) is 12.4 Å². The van der Waals surface area contributed by atoms with Gasteiger partial charge >= 0.3 is 5.97 Å². The minimum absolute atomic E-state index is 0.0417. The molecule has 1 aliphatic heterocycles. The van der Waals surface area contributed by atoms with Crippen LogP contribution in [0.5, 0.6) is 0 Å². The van der Waals surface area contributed by atoms with E-state index in [0.717, 1.165) is 6.42 Å². The number of sulfone groups is 1. The van der Waals surface area contributed by atoms with E-state index < -0.39 is 21.2 Å². The van der Waals surface area contributed by atoms with Gasteiger partial charge in [0.1, 0.15) is 15.3 Å². The van der Waals surface area contributed by atoms with Gasteiger partial charge in [-0.1, -0.05) is 0 Å². The predicted octanol–water partition coefficient (Wildman–Crippen LogP) is -0.156. The topological polar surface area (TPSA) is 83.9 Å². The standard InChI is InChI=1S/C11H21NO5S/c1-12(5-7-18(2,15)16)8-11(10(13)14)4-3-6-17-9-11/h3-9H2,1-2H3,(H,13,14). The lowest BCUT2D eigenvalue weighted by Crippen LogP contribution is -2.48. The van der Waals surface area contributed by atoms with Crippen molar-refractivity contribution in [1.29, 1.82) is 0 Å². The second kappa shape index (κ2) is 5.99. The zero-order valence-electron chi connectivity index (χ0n) is 10.9. The number of hydrogen-bond donors (Lipinski definition) is 1. The summed E-state index contributed by atoms with van der Waals surface area (Å²) in [5, 5.41) is 9.34. The summed E-state index contributed by atoms with van der Waals surface area (Å²) in [6.07, 6.45) is 2.48. The third kappa shape index (κ3) is 4.55. The minimum atomic E-state index is -3.02. The fraction of sp³-hybridized carbons (Fsp3) is 0.909. The van der Waals surface area contributed by atoms with E-state index in [0.29, 0.717) is 26.1 Å². The van der Waals surface area contributed by atoms with Crippen LogP contribution in [0.4, 0.5) is 0 Å². The van der Waals surface area contributed by atoms with Gasteiger partial charge in [0, 0.05) is 26.0 Å². The van der Waals surface area contributed by atoms with Gasteiger partial charge < -0.3 is 14.7 Å². The summed E-state index contributed by atoms with van der Waals surface area (Å²) in [5.41, 5.74) is -0.898. The molecule has 1 fully saturated rings. The SMILES string of the molecule is CN(CCS(C)(=O)=O)CC1(C(=O)O)CCCOC1. The average Bonchev–Trinajstić information content (AvgIpc) is 2.26. The molecule has 106 valence electrons. The summed E-state index contributed by atoms with van der Waals surface area (Å²) in [4.78, 5) is 13.1. The van der Waals surface area contributed by atoms with Crippen molar-refractivity contribution in [3.05, 3.63) is 0 Å². The lowest BCUT2D eigenvalue weighted by Gasteiger charge is -2.36. The van der Waals surface area contributed by atoms with Crippen molar-refractivity contribution in [2.24, 2.45) is 5.41 Å². The van der Waals surface area contributed by atoms with Crippen LogP contribution in [-0.4, -0.2) is 69.8 Å². The fourth-order valence-corrected chi connectivity index (χ4v) is 2.77. The first-order valence-electron chi connectivity index (χ1n) is 5.93. The zero-order valence-corrected chi connectivity index (χ0v) is 11.7. The number of nitrogens with zero attached hydrogens (tertiary/aromatic N) is 1. The van der Waals surface area contributed by atoms with Crippen LogP contribution in [-0.2, 0) is 19.4 Å². The molecular weight excluding hydrogens is 258 g/mol. The van der Waals surface area contributed by atoms with Crippen molar-refractivity contribution in [2.75, 3.05) is 45.4 Å². The normalized spacial score (nSPS) is 25.3. The Morgan fingerprint density at radius 3 is 2.61 bits per heavy atom. The Bertz CT molecular complexity index is 386. The smallest absolute Gasteiger partial charge is 0.313 e. The summed E-state index contributed by atoms with van der Waals surface area (Å²) in [6.45, 7) is 1.46. The minimum Gasteiger partial charge on any atom is -0.481 e. The van der Waals surface area contributed by atoms with Crippen LogP contribution in [0.2, 0.25) is 0 Å². The van der Waals surface area contributed by atoms with Crippen molar-refractivity contribution in [2.45, 2.75) is 12.8 Å². The number of rotatable bonds is 6. The van der Waals surface area contributed by atoms with Gasteiger partial charge in [0.2, 0.25) is 0 Å². The molecule has 0 amide bonds. The Labute approximate surface area is 108 Å². The maximum Gasteiger partial charge on any atom is 0.313 e. The van der Waals surface area contributed by atoms with Gasteiger partial charge in [-0.05, 0) is 19.9 Å². The molecule has 0 aromatic carbocycles. The first kappa shape index (κ1) is 15.4. The van der Waals surface area contributed by atoms with Crippen molar-refractivity contribution in [3.63, 3.8) is 0 Å². The summed E-state index contributed by atoms with van der Waals surface area (Å²) >= 11 is 0. The Morgan fingerprint density at radius 2 is 2.17 bits per heavy atom. The Hall–Kier alpha value is -0.660. The first-order chi connectivity index (χ1) is 8.25. The van der Waals surface area contributed by atoms with E-state index >= 15 is 0 Å². The largest absolute Gasteiger partial charge is 0.481 e. The highest BCUT2D eigenvalue weighted by atomic mass is 32.2. The van der Waals surface area contributed by atoms with Crippen LogP contribution in [0, 0.1) is 5.41 Å². The number of carboxylic acid groups (broad SMARTS) is 1. The lowest BCUT2D eigenvalue weighted by molar-refractivity contribution is -0.159. The third-order valence-corrected chi connectivity index (χ3v) is 4.12. The van der Waals surface area contributed by atoms with Gasteiger partial charge in [-0.25, -0.2) is 8.42 Å². The number of hydrogen-bond acceptors (Lipinski definition) is 5. The van der Waals surface area contributed by atoms with Crippen molar-refractivity contribution in [3.8, 4) is 0 Å². The van der Waals surface area contributed by atoms with Crippen molar-refractivity contribution >= 4 is 15.8 Å². The Kier molecular flexibility index (Phi) is 5.12. The maximum absolute atomic E-state index is 11.4. The summed E-state index contributed by atoms with van der Waals surface area (Å²) in [6, 6.07) is 0. The van der Waals surface area contributed by atoms with E-state index in [1.165, 1.54) is 6.26 Å². The summed E-state index contributed by atoms with van der Waals surface area (Å²) < 4.78 is 27.4. The highest BCUT2D eigenvalue weighted by molar-refractivity contribution is 7.90. The lowest BCUT2D eigenvalue weighted by atomic mass is 9.82. The quantitative estimate of drug-likeness (QED) is 0.727. The van der Waals surface area contributed by atoms with Gasteiger partial charge in [-0.3, -0.25) is 4.79 Å². The second-order valence-electron chi connectivity index (χ2n) is 5.11. The van der Waals surface area contributed by atoms with E-state index in [9.17, 15) is 18.3 Å². The van der Waals surface area contributed by atoms with Crippen LogP contribution in [0.15, 0.2) is 0 Å². The second-order valence-corrected chi connectivity index (χ2v) is 7.37. The molecule has 1 aliphatic rings. The zero-order chi connectivity index (χ0) is 13.8. The van der Waals surface area contributed by atoms with Crippen LogP contribution >= 0.6 is 0 Å². The molecule has 1 atom stereocenters. The molecule has 0 aromatic heterocycles. The molecule has 0 radical (unpaired) electrons. The molecule has 6 nitrogen and oxygen atoms in total. The van der Waals surface area contributed by atoms with E-state index in [1.54, 1.807) is 11.9 Å². The molecule has 0 saturated carbocycles. The average molecular weight is 279 g/mol. The molecule has 0 aromatic rings. The molecule has 0 bridgehead atoms. The van der Waals surface area contributed by atoms with Crippen LogP contribution in [0.1, 0.15) is 12.8 Å². The maximum atomic E-state index is 11.4. The highest BCUT2D eigenvalue weighted by Crippen LogP contribution is 2.29. The Morgan fingerprint density at radius 1 is 1.50 bits per heavy atom. The van der Waals surface area contributed by atoms with Crippen LogP contribution in [0.3, 0.4) is 0 Å². The van der Waals surface area contributed by atoms with E-state index in [2.05, 4.69) is 0 Å². The Balaban J connectivity index is 2.58. The third-order valence-electron chi connectivity index (χ3n) is 3.19. The number of carbonyl (C=O) groups is 1. The molecular formula is C11H21NO5S. The number of carboxylic acids is 1. The molecule has 18 heavy (non-hydrogen) atoms.